The molecule has 0 atom stereocenters. The maximum absolute atomic E-state index is 12.5. The lowest BCUT2D eigenvalue weighted by Gasteiger charge is -2.13. The van der Waals surface area contributed by atoms with Crippen LogP contribution in [-0.2, 0) is 0 Å². The predicted octanol–water partition coefficient (Wildman–Crippen LogP) is 6.57. The Morgan fingerprint density at radius 1 is 0.692 bits per heavy atom. The molecule has 0 aliphatic rings. The molecule has 0 amide bonds. The third kappa shape index (κ3) is 2.36. The standard InChI is InChI=1S/C23H13BrO2/c24-18-10-6-17(7-11-18)23(25)26-20-13-9-16-5-4-14-2-1-3-15-8-12-19(20)22(16)21(14)15/h1-13H. The number of rotatable bonds is 2. The van der Waals surface area contributed by atoms with E-state index in [-0.39, 0.29) is 5.97 Å². The molecule has 0 radical (unpaired) electrons. The SMILES string of the molecule is O=C(Oc1ccc2ccc3cccc4ccc1c2c34)c1ccc(Br)cc1. The molecule has 0 bridgehead atoms. The summed E-state index contributed by atoms with van der Waals surface area (Å²) in [7, 11) is 0. The molecule has 0 unspecified atom stereocenters. The summed E-state index contributed by atoms with van der Waals surface area (Å²) in [6.45, 7) is 0. The zero-order valence-electron chi connectivity index (χ0n) is 13.7. The minimum atomic E-state index is -0.354. The van der Waals surface area contributed by atoms with Crippen LogP contribution in [0, 0.1) is 0 Å². The molecule has 0 N–H and O–H groups in total. The van der Waals surface area contributed by atoms with Crippen LogP contribution in [0.5, 0.6) is 5.75 Å². The van der Waals surface area contributed by atoms with E-state index >= 15 is 0 Å². The van der Waals surface area contributed by atoms with Crippen molar-refractivity contribution in [1.82, 2.24) is 0 Å². The molecule has 5 rings (SSSR count). The number of halogens is 1. The van der Waals surface area contributed by atoms with Crippen LogP contribution in [0.4, 0.5) is 0 Å². The summed E-state index contributed by atoms with van der Waals surface area (Å²) in [5.41, 5.74) is 0.527. The lowest BCUT2D eigenvalue weighted by Crippen LogP contribution is -2.08. The first-order chi connectivity index (χ1) is 12.7. The van der Waals surface area contributed by atoms with Gasteiger partial charge in [0.25, 0.3) is 0 Å². The van der Waals surface area contributed by atoms with Crippen LogP contribution in [-0.4, -0.2) is 5.97 Å². The van der Waals surface area contributed by atoms with Gasteiger partial charge in [-0.15, -0.1) is 0 Å². The van der Waals surface area contributed by atoms with Gasteiger partial charge in [0.15, 0.2) is 0 Å². The average molecular weight is 401 g/mol. The number of hydrogen-bond acceptors (Lipinski definition) is 2. The van der Waals surface area contributed by atoms with Crippen LogP contribution in [0.1, 0.15) is 10.4 Å². The Balaban J connectivity index is 1.68. The van der Waals surface area contributed by atoms with E-state index in [0.29, 0.717) is 11.3 Å². The summed E-state index contributed by atoms with van der Waals surface area (Å²) in [6.07, 6.45) is 0. The van der Waals surface area contributed by atoms with Crippen molar-refractivity contribution in [3.05, 3.63) is 88.9 Å². The number of benzene rings is 5. The zero-order chi connectivity index (χ0) is 17.7. The van der Waals surface area contributed by atoms with Gasteiger partial charge in [0.05, 0.1) is 5.56 Å². The monoisotopic (exact) mass is 400 g/mol. The smallest absolute Gasteiger partial charge is 0.343 e. The summed E-state index contributed by atoms with van der Waals surface area (Å²) in [6, 6.07) is 25.7. The molecule has 3 heteroatoms. The highest BCUT2D eigenvalue weighted by molar-refractivity contribution is 9.10. The van der Waals surface area contributed by atoms with Crippen molar-refractivity contribution in [2.45, 2.75) is 0 Å². The van der Waals surface area contributed by atoms with E-state index in [1.807, 2.05) is 30.3 Å². The zero-order valence-corrected chi connectivity index (χ0v) is 15.3. The lowest BCUT2D eigenvalue weighted by molar-refractivity contribution is 0.0737. The molecule has 5 aromatic rings. The van der Waals surface area contributed by atoms with Gasteiger partial charge < -0.3 is 4.74 Å². The number of esters is 1. The second-order valence-electron chi connectivity index (χ2n) is 6.32. The fourth-order valence-electron chi connectivity index (χ4n) is 3.54. The summed E-state index contributed by atoms with van der Waals surface area (Å²) in [4.78, 5) is 12.5. The van der Waals surface area contributed by atoms with Crippen LogP contribution in [0.2, 0.25) is 0 Å². The third-order valence-electron chi connectivity index (χ3n) is 4.77. The quantitative estimate of drug-likeness (QED) is 0.190. The molecule has 0 saturated carbocycles. The second kappa shape index (κ2) is 5.82. The number of carbonyl (C=O) groups excluding carboxylic acids is 1. The van der Waals surface area contributed by atoms with Crippen LogP contribution < -0.4 is 4.74 Å². The van der Waals surface area contributed by atoms with Crippen molar-refractivity contribution in [3.8, 4) is 5.75 Å². The van der Waals surface area contributed by atoms with Gasteiger partial charge in [-0.3, -0.25) is 0 Å². The Labute approximate surface area is 158 Å². The van der Waals surface area contributed by atoms with Gasteiger partial charge in [-0.1, -0.05) is 58.4 Å². The van der Waals surface area contributed by atoms with Crippen LogP contribution in [0.3, 0.4) is 0 Å². The Morgan fingerprint density at radius 2 is 1.31 bits per heavy atom. The van der Waals surface area contributed by atoms with Gasteiger partial charge in [-0.05, 0) is 57.9 Å². The first kappa shape index (κ1) is 15.4. The van der Waals surface area contributed by atoms with Crippen molar-refractivity contribution < 1.29 is 9.53 Å². The van der Waals surface area contributed by atoms with E-state index in [1.165, 1.54) is 16.2 Å². The van der Waals surface area contributed by atoms with Crippen LogP contribution >= 0.6 is 15.9 Å². The Hall–Kier alpha value is -2.91. The summed E-state index contributed by atoms with van der Waals surface area (Å²) in [5, 5.41) is 6.84. The summed E-state index contributed by atoms with van der Waals surface area (Å²) < 4.78 is 6.67. The Bertz CT molecular complexity index is 1260. The van der Waals surface area contributed by atoms with Gasteiger partial charge in [0, 0.05) is 15.2 Å². The molecular formula is C23H13BrO2. The molecule has 0 aliphatic carbocycles. The number of carbonyl (C=O) groups is 1. The second-order valence-corrected chi connectivity index (χ2v) is 7.23. The molecule has 2 nitrogen and oxygen atoms in total. The minimum absolute atomic E-state index is 0.354. The molecule has 0 fully saturated rings. The predicted molar refractivity (Wildman–Crippen MR) is 109 cm³/mol. The van der Waals surface area contributed by atoms with Crippen LogP contribution in [0.25, 0.3) is 32.3 Å². The van der Waals surface area contributed by atoms with E-state index in [1.54, 1.807) is 12.1 Å². The summed E-state index contributed by atoms with van der Waals surface area (Å²) in [5.74, 6) is 0.233. The maximum Gasteiger partial charge on any atom is 0.343 e. The molecule has 0 aliphatic heterocycles. The van der Waals surface area contributed by atoms with E-state index in [0.717, 1.165) is 20.6 Å². The highest BCUT2D eigenvalue weighted by Crippen LogP contribution is 2.38. The van der Waals surface area contributed by atoms with Crippen molar-refractivity contribution in [1.29, 1.82) is 0 Å². The lowest BCUT2D eigenvalue weighted by atomic mass is 9.94. The highest BCUT2D eigenvalue weighted by atomic mass is 79.9. The molecule has 0 saturated heterocycles. The molecule has 0 aromatic heterocycles. The Morgan fingerprint density at radius 3 is 2.04 bits per heavy atom. The van der Waals surface area contributed by atoms with Crippen molar-refractivity contribution >= 4 is 54.2 Å². The van der Waals surface area contributed by atoms with Gasteiger partial charge in [0.2, 0.25) is 0 Å². The first-order valence-electron chi connectivity index (χ1n) is 8.35. The topological polar surface area (TPSA) is 26.3 Å². The van der Waals surface area contributed by atoms with Crippen molar-refractivity contribution in [3.63, 3.8) is 0 Å². The minimum Gasteiger partial charge on any atom is -0.422 e. The normalized spacial score (nSPS) is 11.4. The number of ether oxygens (including phenoxy) is 1. The van der Waals surface area contributed by atoms with Crippen LogP contribution in [0.15, 0.2) is 83.3 Å². The van der Waals surface area contributed by atoms with E-state index in [9.17, 15) is 4.79 Å². The van der Waals surface area contributed by atoms with Crippen molar-refractivity contribution in [2.24, 2.45) is 0 Å². The maximum atomic E-state index is 12.5. The molecule has 0 spiro atoms. The van der Waals surface area contributed by atoms with Gasteiger partial charge in [-0.2, -0.15) is 0 Å². The van der Waals surface area contributed by atoms with Gasteiger partial charge >= 0.3 is 5.97 Å². The van der Waals surface area contributed by atoms with E-state index < -0.39 is 0 Å². The molecule has 0 heterocycles. The highest BCUT2D eigenvalue weighted by Gasteiger charge is 2.14. The molecule has 26 heavy (non-hydrogen) atoms. The van der Waals surface area contributed by atoms with Gasteiger partial charge in [0.1, 0.15) is 5.75 Å². The van der Waals surface area contributed by atoms with E-state index in [4.69, 9.17) is 4.74 Å². The van der Waals surface area contributed by atoms with Crippen molar-refractivity contribution in [2.75, 3.05) is 0 Å². The average Bonchev–Trinajstić information content (AvgIpc) is 2.67. The third-order valence-corrected chi connectivity index (χ3v) is 5.30. The molecular weight excluding hydrogens is 388 g/mol. The number of hydrogen-bond donors (Lipinski definition) is 0. The fraction of sp³-hybridized carbons (Fsp3) is 0. The molecule has 124 valence electrons. The van der Waals surface area contributed by atoms with Gasteiger partial charge in [-0.25, -0.2) is 4.79 Å². The summed E-state index contributed by atoms with van der Waals surface area (Å²) >= 11 is 3.38. The fourth-order valence-corrected chi connectivity index (χ4v) is 3.81. The molecule has 5 aromatic carbocycles. The first-order valence-corrected chi connectivity index (χ1v) is 9.14. The Kier molecular flexibility index (Phi) is 3.44. The largest absolute Gasteiger partial charge is 0.422 e. The van der Waals surface area contributed by atoms with E-state index in [2.05, 4.69) is 52.3 Å².